The summed E-state index contributed by atoms with van der Waals surface area (Å²) in [5, 5.41) is 0. The van der Waals surface area contributed by atoms with Crippen LogP contribution >= 0.6 is 0 Å². The molecule has 0 aromatic rings. The fraction of sp³-hybridized carbons (Fsp3) is 0.600. The normalized spacial score (nSPS) is 12.1. The van der Waals surface area contributed by atoms with Gasteiger partial charge in [-0.1, -0.05) is 49.0 Å². The second-order valence-electron chi connectivity index (χ2n) is 5.74. The zero-order valence-electron chi connectivity index (χ0n) is 14.4. The molecule has 0 rings (SSSR count). The van der Waals surface area contributed by atoms with Crippen LogP contribution in [-0.4, -0.2) is 13.2 Å². The fourth-order valence-corrected chi connectivity index (χ4v) is 1.92. The van der Waals surface area contributed by atoms with Crippen molar-refractivity contribution in [3.63, 3.8) is 0 Å². The van der Waals surface area contributed by atoms with Gasteiger partial charge >= 0.3 is 0 Å². The number of hydrogen-bond acceptors (Lipinski definition) is 1. The molecule has 118 valence electrons. The summed E-state index contributed by atoms with van der Waals surface area (Å²) in [6.07, 6.45) is 18.9. The van der Waals surface area contributed by atoms with E-state index < -0.39 is 0 Å². The Bertz CT molecular complexity index is 387. The first-order chi connectivity index (χ1) is 10.1. The topological polar surface area (TPSA) is 9.23 Å². The molecular formula is C20H32O. The Balaban J connectivity index is 3.86. The maximum atomic E-state index is 5.61. The van der Waals surface area contributed by atoms with E-state index >= 15 is 0 Å². The number of ether oxygens (including phenoxy) is 1. The van der Waals surface area contributed by atoms with Gasteiger partial charge in [0.25, 0.3) is 0 Å². The van der Waals surface area contributed by atoms with Gasteiger partial charge in [0.05, 0.1) is 13.2 Å². The van der Waals surface area contributed by atoms with Crippen molar-refractivity contribution >= 4 is 0 Å². The van der Waals surface area contributed by atoms with Crippen LogP contribution in [0.3, 0.4) is 0 Å². The van der Waals surface area contributed by atoms with E-state index in [1.165, 1.54) is 30.4 Å². The predicted octanol–water partition coefficient (Wildman–Crippen LogP) is 5.84. The van der Waals surface area contributed by atoms with Crippen LogP contribution < -0.4 is 0 Å². The summed E-state index contributed by atoms with van der Waals surface area (Å²) in [6.45, 7) is 9.92. The molecule has 0 radical (unpaired) electrons. The van der Waals surface area contributed by atoms with Crippen LogP contribution in [0.1, 0.15) is 66.2 Å². The Morgan fingerprint density at radius 1 is 1.00 bits per heavy atom. The zero-order valence-corrected chi connectivity index (χ0v) is 14.4. The number of unbranched alkanes of at least 4 members (excludes halogenated alkanes) is 2. The molecule has 1 heteroatoms. The van der Waals surface area contributed by atoms with Gasteiger partial charge < -0.3 is 4.74 Å². The van der Waals surface area contributed by atoms with Crippen molar-refractivity contribution in [3.8, 4) is 12.3 Å². The minimum Gasteiger partial charge on any atom is -0.373 e. The maximum absolute atomic E-state index is 5.61. The van der Waals surface area contributed by atoms with Crippen molar-refractivity contribution in [2.45, 2.75) is 66.2 Å². The van der Waals surface area contributed by atoms with Gasteiger partial charge in [0, 0.05) is 5.57 Å². The molecule has 0 aliphatic heterocycles. The van der Waals surface area contributed by atoms with E-state index in [0.717, 1.165) is 24.8 Å². The minimum atomic E-state index is 0.614. The lowest BCUT2D eigenvalue weighted by atomic mass is 10.1. The lowest BCUT2D eigenvalue weighted by molar-refractivity contribution is 0.193. The van der Waals surface area contributed by atoms with Crippen molar-refractivity contribution in [2.75, 3.05) is 13.2 Å². The number of allylic oxidation sites excluding steroid dienone is 4. The molecule has 1 nitrogen and oxygen atoms in total. The average molecular weight is 288 g/mol. The molecule has 21 heavy (non-hydrogen) atoms. The Morgan fingerprint density at radius 3 is 2.33 bits per heavy atom. The van der Waals surface area contributed by atoms with Crippen molar-refractivity contribution in [2.24, 2.45) is 0 Å². The first-order valence-electron chi connectivity index (χ1n) is 8.12. The van der Waals surface area contributed by atoms with Crippen molar-refractivity contribution in [1.29, 1.82) is 0 Å². The van der Waals surface area contributed by atoms with E-state index in [-0.39, 0.29) is 0 Å². The second-order valence-corrected chi connectivity index (χ2v) is 5.74. The summed E-state index contributed by atoms with van der Waals surface area (Å²) in [5.41, 5.74) is 3.85. The standard InChI is InChI=1S/C20H32O/c1-6-8-9-13-20(7-2)15-17-21-16-14-19(5)12-10-11-18(3)4/h2,11,14-15H,6,8-10,12-13,16-17H2,1,3-5H3/b19-14+,20-15+. The molecule has 0 aromatic carbocycles. The summed E-state index contributed by atoms with van der Waals surface area (Å²) in [4.78, 5) is 0. The van der Waals surface area contributed by atoms with Crippen LogP contribution in [0.2, 0.25) is 0 Å². The summed E-state index contributed by atoms with van der Waals surface area (Å²) >= 11 is 0. The van der Waals surface area contributed by atoms with Crippen LogP contribution in [0.15, 0.2) is 34.9 Å². The summed E-state index contributed by atoms with van der Waals surface area (Å²) < 4.78 is 5.61. The molecule has 0 saturated carbocycles. The molecule has 0 heterocycles. The van der Waals surface area contributed by atoms with Gasteiger partial charge in [-0.05, 0) is 52.5 Å². The first kappa shape index (κ1) is 19.7. The summed E-state index contributed by atoms with van der Waals surface area (Å²) in [6, 6.07) is 0. The monoisotopic (exact) mass is 288 g/mol. The molecule has 0 aliphatic rings. The highest BCUT2D eigenvalue weighted by Crippen LogP contribution is 2.08. The first-order valence-corrected chi connectivity index (χ1v) is 8.12. The zero-order chi connectivity index (χ0) is 15.9. The molecule has 0 aliphatic carbocycles. The van der Waals surface area contributed by atoms with Gasteiger partial charge in [-0.2, -0.15) is 0 Å². The SMILES string of the molecule is C#C/C(=C\COC/C=C(\C)CCC=C(C)C)CCCCC. The predicted molar refractivity (Wildman–Crippen MR) is 94.3 cm³/mol. The van der Waals surface area contributed by atoms with Gasteiger partial charge in [0.1, 0.15) is 0 Å². The molecule has 0 spiro atoms. The van der Waals surface area contributed by atoms with E-state index in [2.05, 4.69) is 45.8 Å². The van der Waals surface area contributed by atoms with Gasteiger partial charge in [0.2, 0.25) is 0 Å². The molecule has 0 fully saturated rings. The van der Waals surface area contributed by atoms with E-state index in [9.17, 15) is 0 Å². The molecule has 0 saturated heterocycles. The molecule has 0 aromatic heterocycles. The molecule has 0 amide bonds. The van der Waals surface area contributed by atoms with Gasteiger partial charge in [0.15, 0.2) is 0 Å². The molecule has 0 bridgehead atoms. The van der Waals surface area contributed by atoms with Crippen LogP contribution in [0.5, 0.6) is 0 Å². The van der Waals surface area contributed by atoms with Gasteiger partial charge in [-0.25, -0.2) is 0 Å². The lowest BCUT2D eigenvalue weighted by Gasteiger charge is -2.02. The molecule has 0 atom stereocenters. The summed E-state index contributed by atoms with van der Waals surface area (Å²) in [7, 11) is 0. The molecular weight excluding hydrogens is 256 g/mol. The molecule has 0 N–H and O–H groups in total. The minimum absolute atomic E-state index is 0.614. The lowest BCUT2D eigenvalue weighted by Crippen LogP contribution is -1.94. The number of rotatable bonds is 11. The number of terminal acetylenes is 1. The van der Waals surface area contributed by atoms with Crippen molar-refractivity contribution in [1.82, 2.24) is 0 Å². The third-order valence-electron chi connectivity index (χ3n) is 3.32. The van der Waals surface area contributed by atoms with E-state index in [0.29, 0.717) is 13.2 Å². The van der Waals surface area contributed by atoms with Crippen molar-refractivity contribution < 1.29 is 4.74 Å². The Hall–Kier alpha value is -1.26. The highest BCUT2D eigenvalue weighted by Gasteiger charge is 1.93. The quantitative estimate of drug-likeness (QED) is 0.264. The van der Waals surface area contributed by atoms with Gasteiger partial charge in [-0.3, -0.25) is 0 Å². The van der Waals surface area contributed by atoms with Crippen LogP contribution in [0.4, 0.5) is 0 Å². The van der Waals surface area contributed by atoms with Crippen molar-refractivity contribution in [3.05, 3.63) is 34.9 Å². The van der Waals surface area contributed by atoms with Crippen LogP contribution in [0, 0.1) is 12.3 Å². The fourth-order valence-electron chi connectivity index (χ4n) is 1.92. The highest BCUT2D eigenvalue weighted by atomic mass is 16.5. The molecule has 0 unspecified atom stereocenters. The van der Waals surface area contributed by atoms with Crippen LogP contribution in [0.25, 0.3) is 0 Å². The second kappa shape index (κ2) is 13.7. The Morgan fingerprint density at radius 2 is 1.71 bits per heavy atom. The highest BCUT2D eigenvalue weighted by molar-refractivity contribution is 5.25. The van der Waals surface area contributed by atoms with E-state index in [1.807, 2.05) is 6.08 Å². The van der Waals surface area contributed by atoms with E-state index in [1.54, 1.807) is 0 Å². The van der Waals surface area contributed by atoms with E-state index in [4.69, 9.17) is 11.2 Å². The smallest absolute Gasteiger partial charge is 0.0663 e. The van der Waals surface area contributed by atoms with Crippen LogP contribution in [-0.2, 0) is 4.74 Å². The number of hydrogen-bond donors (Lipinski definition) is 0. The maximum Gasteiger partial charge on any atom is 0.0663 e. The third-order valence-corrected chi connectivity index (χ3v) is 3.32. The Kier molecular flexibility index (Phi) is 12.9. The largest absolute Gasteiger partial charge is 0.373 e. The Labute approximate surface area is 132 Å². The third kappa shape index (κ3) is 13.5. The van der Waals surface area contributed by atoms with Gasteiger partial charge in [-0.15, -0.1) is 6.42 Å². The summed E-state index contributed by atoms with van der Waals surface area (Å²) in [5.74, 6) is 2.76. The average Bonchev–Trinajstić information content (AvgIpc) is 2.44.